The highest BCUT2D eigenvalue weighted by Gasteiger charge is 2.34. The van der Waals surface area contributed by atoms with Crippen molar-refractivity contribution in [3.05, 3.63) is 39.7 Å². The molecule has 0 unspecified atom stereocenters. The van der Waals surface area contributed by atoms with Crippen LogP contribution in [0.1, 0.15) is 31.2 Å². The van der Waals surface area contributed by atoms with E-state index in [1.165, 1.54) is 6.07 Å². The van der Waals surface area contributed by atoms with E-state index in [1.54, 1.807) is 0 Å². The summed E-state index contributed by atoms with van der Waals surface area (Å²) in [6.45, 7) is 0. The molecule has 1 aliphatic rings. The van der Waals surface area contributed by atoms with Crippen LogP contribution in [0.4, 0.5) is 10.1 Å². The van der Waals surface area contributed by atoms with E-state index in [0.717, 1.165) is 25.0 Å². The van der Waals surface area contributed by atoms with E-state index < -0.39 is 16.3 Å². The monoisotopic (exact) mass is 224 g/mol. The number of halogens is 1. The lowest BCUT2D eigenvalue weighted by atomic mass is 9.89. The Labute approximate surface area is 92.4 Å². The molecule has 0 saturated heterocycles. The van der Waals surface area contributed by atoms with Crippen LogP contribution in [-0.4, -0.2) is 4.92 Å². The van der Waals surface area contributed by atoms with Crippen molar-refractivity contribution >= 4 is 5.69 Å². The lowest BCUT2D eigenvalue weighted by Gasteiger charge is -2.24. The van der Waals surface area contributed by atoms with Gasteiger partial charge in [-0.05, 0) is 18.9 Å². The first-order valence-electron chi connectivity index (χ1n) is 5.26. The highest BCUT2D eigenvalue weighted by Crippen LogP contribution is 2.38. The van der Waals surface area contributed by atoms with Crippen LogP contribution in [-0.2, 0) is 5.54 Å². The summed E-state index contributed by atoms with van der Waals surface area (Å²) in [6.07, 6.45) is 3.26. The fourth-order valence-corrected chi connectivity index (χ4v) is 2.28. The van der Waals surface area contributed by atoms with Gasteiger partial charge in [0, 0.05) is 23.2 Å². The second-order valence-electron chi connectivity index (χ2n) is 4.28. The molecule has 1 aromatic carbocycles. The topological polar surface area (TPSA) is 69.2 Å². The SMILES string of the molecule is NC1(c2cc([N+](=O)[O-])ccc2F)CCCC1. The molecule has 1 aliphatic carbocycles. The summed E-state index contributed by atoms with van der Waals surface area (Å²) in [5, 5.41) is 10.6. The van der Waals surface area contributed by atoms with Crippen LogP contribution in [0.2, 0.25) is 0 Å². The molecule has 0 bridgehead atoms. The molecule has 5 heteroatoms. The van der Waals surface area contributed by atoms with Gasteiger partial charge in [-0.15, -0.1) is 0 Å². The van der Waals surface area contributed by atoms with Crippen molar-refractivity contribution in [2.75, 3.05) is 0 Å². The quantitative estimate of drug-likeness (QED) is 0.619. The molecule has 0 atom stereocenters. The molecule has 0 spiro atoms. The largest absolute Gasteiger partial charge is 0.321 e. The van der Waals surface area contributed by atoms with Gasteiger partial charge in [0.25, 0.3) is 5.69 Å². The number of hydrogen-bond acceptors (Lipinski definition) is 3. The summed E-state index contributed by atoms with van der Waals surface area (Å²) >= 11 is 0. The molecule has 2 N–H and O–H groups in total. The standard InChI is InChI=1S/C11H13FN2O2/c12-10-4-3-8(14(15)16)7-9(10)11(13)5-1-2-6-11/h3-4,7H,1-2,5-6,13H2. The van der Waals surface area contributed by atoms with Gasteiger partial charge in [0.05, 0.1) is 4.92 Å². The molecule has 1 aromatic rings. The van der Waals surface area contributed by atoms with Crippen molar-refractivity contribution in [3.8, 4) is 0 Å². The van der Waals surface area contributed by atoms with Crippen LogP contribution >= 0.6 is 0 Å². The number of nitro groups is 1. The van der Waals surface area contributed by atoms with Crippen LogP contribution in [0.3, 0.4) is 0 Å². The Kier molecular flexibility index (Phi) is 2.63. The normalized spacial score (nSPS) is 18.6. The first-order valence-corrected chi connectivity index (χ1v) is 5.26. The van der Waals surface area contributed by atoms with E-state index in [-0.39, 0.29) is 11.3 Å². The molecule has 1 saturated carbocycles. The minimum atomic E-state index is -0.726. The fourth-order valence-electron chi connectivity index (χ4n) is 2.28. The lowest BCUT2D eigenvalue weighted by Crippen LogP contribution is -2.34. The molecule has 16 heavy (non-hydrogen) atoms. The molecule has 1 fully saturated rings. The van der Waals surface area contributed by atoms with Crippen LogP contribution in [0.25, 0.3) is 0 Å². The summed E-state index contributed by atoms with van der Waals surface area (Å²) < 4.78 is 13.6. The highest BCUT2D eigenvalue weighted by molar-refractivity contribution is 5.39. The minimum Gasteiger partial charge on any atom is -0.321 e. The molecule has 0 aliphatic heterocycles. The van der Waals surface area contributed by atoms with Crippen molar-refractivity contribution in [2.24, 2.45) is 5.73 Å². The van der Waals surface area contributed by atoms with E-state index >= 15 is 0 Å². The Morgan fingerprint density at radius 2 is 2.00 bits per heavy atom. The predicted molar refractivity (Wildman–Crippen MR) is 57.4 cm³/mol. The number of non-ortho nitro benzene ring substituents is 1. The highest BCUT2D eigenvalue weighted by atomic mass is 19.1. The average molecular weight is 224 g/mol. The molecule has 0 aromatic heterocycles. The Bertz CT molecular complexity index is 428. The smallest absolute Gasteiger partial charge is 0.269 e. The van der Waals surface area contributed by atoms with E-state index in [4.69, 9.17) is 5.73 Å². The Morgan fingerprint density at radius 3 is 2.56 bits per heavy atom. The Balaban J connectivity index is 2.46. The van der Waals surface area contributed by atoms with Crippen molar-refractivity contribution in [2.45, 2.75) is 31.2 Å². The molecule has 86 valence electrons. The van der Waals surface area contributed by atoms with Gasteiger partial charge in [0.2, 0.25) is 0 Å². The molecule has 4 nitrogen and oxygen atoms in total. The van der Waals surface area contributed by atoms with Gasteiger partial charge in [-0.3, -0.25) is 10.1 Å². The van der Waals surface area contributed by atoms with Gasteiger partial charge < -0.3 is 5.73 Å². The number of nitro benzene ring substituents is 1. The maximum atomic E-state index is 13.6. The summed E-state index contributed by atoms with van der Waals surface area (Å²) in [6, 6.07) is 3.55. The Morgan fingerprint density at radius 1 is 1.38 bits per heavy atom. The van der Waals surface area contributed by atoms with E-state index in [9.17, 15) is 14.5 Å². The van der Waals surface area contributed by atoms with Crippen molar-refractivity contribution < 1.29 is 9.31 Å². The second-order valence-corrected chi connectivity index (χ2v) is 4.28. The molecule has 0 heterocycles. The number of benzene rings is 1. The zero-order valence-electron chi connectivity index (χ0n) is 8.78. The maximum absolute atomic E-state index is 13.6. The molecule has 0 amide bonds. The number of nitrogens with zero attached hydrogens (tertiary/aromatic N) is 1. The first kappa shape index (κ1) is 11.0. The van der Waals surface area contributed by atoms with E-state index in [2.05, 4.69) is 0 Å². The average Bonchev–Trinajstić information content (AvgIpc) is 2.66. The molecule has 0 radical (unpaired) electrons. The van der Waals surface area contributed by atoms with Crippen LogP contribution in [0, 0.1) is 15.9 Å². The third-order valence-corrected chi connectivity index (χ3v) is 3.19. The minimum absolute atomic E-state index is 0.104. The van der Waals surface area contributed by atoms with Crippen LogP contribution in [0.15, 0.2) is 18.2 Å². The summed E-state index contributed by atoms with van der Waals surface area (Å²) in [7, 11) is 0. The number of rotatable bonds is 2. The fraction of sp³-hybridized carbons (Fsp3) is 0.455. The number of nitrogens with two attached hydrogens (primary N) is 1. The van der Waals surface area contributed by atoms with Gasteiger partial charge >= 0.3 is 0 Å². The van der Waals surface area contributed by atoms with Gasteiger partial charge in [-0.1, -0.05) is 12.8 Å². The lowest BCUT2D eigenvalue weighted by molar-refractivity contribution is -0.385. The zero-order chi connectivity index (χ0) is 11.8. The van der Waals surface area contributed by atoms with Gasteiger partial charge in [0.1, 0.15) is 5.82 Å². The van der Waals surface area contributed by atoms with Crippen LogP contribution < -0.4 is 5.73 Å². The van der Waals surface area contributed by atoms with E-state index in [0.29, 0.717) is 12.8 Å². The predicted octanol–water partition coefficient (Wildman–Crippen LogP) is 2.46. The van der Waals surface area contributed by atoms with Crippen molar-refractivity contribution in [1.29, 1.82) is 0 Å². The molecular formula is C11H13FN2O2. The van der Waals surface area contributed by atoms with Gasteiger partial charge in [-0.2, -0.15) is 0 Å². The molecule has 2 rings (SSSR count). The van der Waals surface area contributed by atoms with Crippen molar-refractivity contribution in [1.82, 2.24) is 0 Å². The summed E-state index contributed by atoms with van der Waals surface area (Å²) in [5.41, 5.74) is 5.54. The number of hydrogen-bond donors (Lipinski definition) is 1. The van der Waals surface area contributed by atoms with Gasteiger partial charge in [-0.25, -0.2) is 4.39 Å². The molecular weight excluding hydrogens is 211 g/mol. The summed E-state index contributed by atoms with van der Waals surface area (Å²) in [4.78, 5) is 10.1. The maximum Gasteiger partial charge on any atom is 0.269 e. The first-order chi connectivity index (χ1) is 7.53. The van der Waals surface area contributed by atoms with Crippen molar-refractivity contribution in [3.63, 3.8) is 0 Å². The van der Waals surface area contributed by atoms with E-state index in [1.807, 2.05) is 0 Å². The summed E-state index contributed by atoms with van der Waals surface area (Å²) in [5.74, 6) is -0.449. The van der Waals surface area contributed by atoms with Gasteiger partial charge in [0.15, 0.2) is 0 Å². The van der Waals surface area contributed by atoms with Crippen LogP contribution in [0.5, 0.6) is 0 Å². The second kappa shape index (κ2) is 3.83. The zero-order valence-corrected chi connectivity index (χ0v) is 8.78. The third-order valence-electron chi connectivity index (χ3n) is 3.19. The third kappa shape index (κ3) is 1.78. The Hall–Kier alpha value is -1.49.